The number of carbonyl (C=O) groups excluding carboxylic acids is 4. The largest absolute Gasteiger partial charge is 0.496 e. The first kappa shape index (κ1) is 31.0. The minimum Gasteiger partial charge on any atom is -0.496 e. The molecule has 1 unspecified atom stereocenters. The van der Waals surface area contributed by atoms with Crippen LogP contribution in [0.25, 0.3) is 5.57 Å². The summed E-state index contributed by atoms with van der Waals surface area (Å²) in [5.74, 6) is 0.756. The van der Waals surface area contributed by atoms with E-state index in [1.165, 1.54) is 0 Å². The van der Waals surface area contributed by atoms with Gasteiger partial charge in [-0.15, -0.1) is 0 Å². The van der Waals surface area contributed by atoms with Gasteiger partial charge in [-0.05, 0) is 73.3 Å². The highest BCUT2D eigenvalue weighted by Gasteiger charge is 2.46. The molecule has 5 amide bonds. The van der Waals surface area contributed by atoms with E-state index in [9.17, 15) is 19.2 Å². The van der Waals surface area contributed by atoms with Gasteiger partial charge in [0.15, 0.2) is 0 Å². The molecule has 7 rings (SSSR count). The summed E-state index contributed by atoms with van der Waals surface area (Å²) in [7, 11) is 6.93. The van der Waals surface area contributed by atoms with E-state index in [-0.39, 0.29) is 35.6 Å². The fourth-order valence-electron chi connectivity index (χ4n) is 7.82. The maximum atomic E-state index is 13.3. The van der Waals surface area contributed by atoms with Gasteiger partial charge >= 0.3 is 6.03 Å². The summed E-state index contributed by atoms with van der Waals surface area (Å²) in [4.78, 5) is 59.3. The summed E-state index contributed by atoms with van der Waals surface area (Å²) < 4.78 is 11.7. The molecule has 12 heteroatoms. The van der Waals surface area contributed by atoms with E-state index in [4.69, 9.17) is 9.47 Å². The molecule has 0 radical (unpaired) electrons. The summed E-state index contributed by atoms with van der Waals surface area (Å²) in [6.45, 7) is 5.47. The number of urea groups is 1. The molecule has 5 aliphatic rings. The zero-order chi connectivity index (χ0) is 33.0. The molecule has 5 aliphatic heterocycles. The molecular weight excluding hydrogens is 600 g/mol. The lowest BCUT2D eigenvalue weighted by Crippen LogP contribution is -2.60. The number of hydrogen-bond donors (Lipinski definition) is 1. The van der Waals surface area contributed by atoms with Gasteiger partial charge in [-0.3, -0.25) is 24.6 Å². The first-order valence-corrected chi connectivity index (χ1v) is 16.3. The quantitative estimate of drug-likeness (QED) is 0.459. The number of fused-ring (bicyclic) bond motifs is 1. The second-order valence-electron chi connectivity index (χ2n) is 13.6. The number of methoxy groups -OCH3 is 2. The van der Waals surface area contributed by atoms with Gasteiger partial charge in [0.05, 0.1) is 19.8 Å². The molecule has 5 heterocycles. The van der Waals surface area contributed by atoms with Crippen LogP contribution in [0.4, 0.5) is 10.5 Å². The molecule has 12 nitrogen and oxygen atoms in total. The van der Waals surface area contributed by atoms with Gasteiger partial charge in [0.25, 0.3) is 5.91 Å². The Labute approximate surface area is 274 Å². The Bertz CT molecular complexity index is 1650. The van der Waals surface area contributed by atoms with E-state index in [0.717, 1.165) is 85.0 Å². The smallest absolute Gasteiger partial charge is 0.323 e. The molecule has 0 saturated carbocycles. The van der Waals surface area contributed by atoms with Gasteiger partial charge in [0.2, 0.25) is 11.8 Å². The number of likely N-dealkylation sites (tertiary alicyclic amines) is 1. The van der Waals surface area contributed by atoms with E-state index < -0.39 is 6.04 Å². The number of anilines is 1. The molecule has 248 valence electrons. The number of amides is 5. The highest BCUT2D eigenvalue weighted by atomic mass is 16.5. The lowest BCUT2D eigenvalue weighted by molar-refractivity contribution is -0.136. The molecule has 1 N–H and O–H groups in total. The van der Waals surface area contributed by atoms with Crippen LogP contribution in [0.1, 0.15) is 52.7 Å². The predicted molar refractivity (Wildman–Crippen MR) is 175 cm³/mol. The topological polar surface area (TPSA) is 115 Å². The fourth-order valence-corrected chi connectivity index (χ4v) is 7.82. The van der Waals surface area contributed by atoms with Gasteiger partial charge < -0.3 is 29.1 Å². The van der Waals surface area contributed by atoms with Crippen molar-refractivity contribution in [1.29, 1.82) is 0 Å². The van der Waals surface area contributed by atoms with E-state index in [2.05, 4.69) is 21.2 Å². The van der Waals surface area contributed by atoms with Crippen molar-refractivity contribution in [2.45, 2.75) is 44.8 Å². The SMILES string of the molecule is COc1cc(C2=CN(C)C(=O)N(C)C2)cc(OC)c1CN1CCC2(CC1)CN(c1ccc3c(c1)C(=O)N(C1CCC(=O)NC1=O)C3)C2. The van der Waals surface area contributed by atoms with Crippen molar-refractivity contribution < 1.29 is 28.7 Å². The number of likely N-dealkylation sites (N-methyl/N-ethyl adjacent to an activating group) is 1. The highest BCUT2D eigenvalue weighted by Crippen LogP contribution is 2.44. The van der Waals surface area contributed by atoms with Gasteiger partial charge in [0, 0.05) is 76.1 Å². The fraction of sp³-hybridized carbons (Fsp3) is 0.486. The Hall–Kier alpha value is -4.58. The first-order valence-electron chi connectivity index (χ1n) is 16.3. The molecule has 1 spiro atoms. The second-order valence-corrected chi connectivity index (χ2v) is 13.6. The summed E-state index contributed by atoms with van der Waals surface area (Å²) in [6, 6.07) is 9.52. The zero-order valence-electron chi connectivity index (χ0n) is 27.5. The molecule has 47 heavy (non-hydrogen) atoms. The van der Waals surface area contributed by atoms with Crippen LogP contribution in [0.3, 0.4) is 0 Å². The first-order chi connectivity index (χ1) is 22.6. The third-order valence-electron chi connectivity index (χ3n) is 10.6. The number of nitrogens with zero attached hydrogens (tertiary/aromatic N) is 5. The van der Waals surface area contributed by atoms with Gasteiger partial charge in [-0.25, -0.2) is 4.79 Å². The minimum atomic E-state index is -0.600. The van der Waals surface area contributed by atoms with Crippen molar-refractivity contribution in [3.8, 4) is 11.5 Å². The zero-order valence-corrected chi connectivity index (χ0v) is 27.5. The van der Waals surface area contributed by atoms with E-state index in [1.54, 1.807) is 43.0 Å². The Balaban J connectivity index is 0.975. The summed E-state index contributed by atoms with van der Waals surface area (Å²) in [5, 5.41) is 2.37. The van der Waals surface area contributed by atoms with Crippen LogP contribution in [0.2, 0.25) is 0 Å². The van der Waals surface area contributed by atoms with E-state index >= 15 is 0 Å². The Kier molecular flexibility index (Phi) is 7.86. The van der Waals surface area contributed by atoms with Crippen molar-refractivity contribution in [1.82, 2.24) is 24.9 Å². The summed E-state index contributed by atoms with van der Waals surface area (Å²) in [5.41, 5.74) is 5.89. The average Bonchev–Trinajstić information content (AvgIpc) is 3.37. The maximum Gasteiger partial charge on any atom is 0.323 e. The number of imide groups is 1. The standard InChI is InChI=1S/C35H42N6O6/c1-37-16-24(17-38(2)34(37)45)23-13-29(46-3)27(30(14-23)47-4)19-39-11-9-35(10-12-39)20-40(21-35)25-6-5-22-18-41(33(44)26(22)15-25)28-7-8-31(42)36-32(28)43/h5-6,13-16,28H,7-12,17-21H2,1-4H3,(H,36,42,43). The van der Waals surface area contributed by atoms with Crippen LogP contribution in [-0.2, 0) is 22.7 Å². The molecule has 0 bridgehead atoms. The van der Waals surface area contributed by atoms with Crippen LogP contribution >= 0.6 is 0 Å². The molecule has 0 aromatic heterocycles. The third-order valence-corrected chi connectivity index (χ3v) is 10.6. The lowest BCUT2D eigenvalue weighted by Gasteiger charge is -2.55. The van der Waals surface area contributed by atoms with Crippen LogP contribution in [-0.4, -0.2) is 110 Å². The van der Waals surface area contributed by atoms with Crippen molar-refractivity contribution in [3.63, 3.8) is 0 Å². The van der Waals surface area contributed by atoms with Crippen molar-refractivity contribution in [2.75, 3.05) is 65.9 Å². The highest BCUT2D eigenvalue weighted by molar-refractivity contribution is 6.05. The van der Waals surface area contributed by atoms with Gasteiger partial charge in [-0.1, -0.05) is 6.07 Å². The number of benzene rings is 2. The maximum absolute atomic E-state index is 13.3. The summed E-state index contributed by atoms with van der Waals surface area (Å²) in [6.07, 6.45) is 4.66. The number of rotatable bonds is 7. The van der Waals surface area contributed by atoms with Crippen LogP contribution in [0.5, 0.6) is 11.5 Å². The number of nitrogens with one attached hydrogen (secondary N) is 1. The molecular formula is C35H42N6O6. The molecule has 1 atom stereocenters. The normalized spacial score (nSPS) is 22.7. The predicted octanol–water partition coefficient (Wildman–Crippen LogP) is 2.91. The number of ether oxygens (including phenoxy) is 2. The Morgan fingerprint density at radius 1 is 0.936 bits per heavy atom. The number of carbonyl (C=O) groups is 4. The van der Waals surface area contributed by atoms with Crippen LogP contribution in [0, 0.1) is 5.41 Å². The number of piperidine rings is 2. The van der Waals surface area contributed by atoms with Crippen LogP contribution in [0.15, 0.2) is 36.5 Å². The molecule has 3 fully saturated rings. The molecule has 0 aliphatic carbocycles. The monoisotopic (exact) mass is 642 g/mol. The average molecular weight is 643 g/mol. The molecule has 2 aromatic rings. The van der Waals surface area contributed by atoms with Gasteiger partial charge in [0.1, 0.15) is 17.5 Å². The van der Waals surface area contributed by atoms with Crippen LogP contribution < -0.4 is 19.7 Å². The van der Waals surface area contributed by atoms with Crippen molar-refractivity contribution in [2.24, 2.45) is 5.41 Å². The van der Waals surface area contributed by atoms with Crippen molar-refractivity contribution >= 4 is 35.0 Å². The summed E-state index contributed by atoms with van der Waals surface area (Å²) >= 11 is 0. The second kappa shape index (κ2) is 11.9. The van der Waals surface area contributed by atoms with Gasteiger partial charge in [-0.2, -0.15) is 0 Å². The number of hydrogen-bond acceptors (Lipinski definition) is 8. The van der Waals surface area contributed by atoms with E-state index in [0.29, 0.717) is 25.1 Å². The van der Waals surface area contributed by atoms with E-state index in [1.807, 2.05) is 30.5 Å². The van der Waals surface area contributed by atoms with Crippen molar-refractivity contribution in [3.05, 3.63) is 58.8 Å². The lowest BCUT2D eigenvalue weighted by atomic mass is 9.71. The minimum absolute atomic E-state index is 0.0393. The third kappa shape index (κ3) is 5.58. The Morgan fingerprint density at radius 3 is 2.28 bits per heavy atom. The molecule has 3 saturated heterocycles. The Morgan fingerprint density at radius 2 is 1.64 bits per heavy atom. The molecule has 2 aromatic carbocycles.